The number of anilines is 1. The molecule has 2 atom stereocenters. The van der Waals surface area contributed by atoms with Crippen LogP contribution >= 0.6 is 0 Å². The number of halogens is 4. The van der Waals surface area contributed by atoms with Crippen LogP contribution in [0.2, 0.25) is 0 Å². The number of aromatic nitrogens is 1. The highest BCUT2D eigenvalue weighted by Gasteiger charge is 2.25. The summed E-state index contributed by atoms with van der Waals surface area (Å²) in [6.45, 7) is 2.04. The summed E-state index contributed by atoms with van der Waals surface area (Å²) < 4.78 is 52.6. The first kappa shape index (κ1) is 13.1. The van der Waals surface area contributed by atoms with Gasteiger partial charge in [0, 0.05) is 6.04 Å². The molecule has 1 N–H and O–H groups in total. The van der Waals surface area contributed by atoms with E-state index in [9.17, 15) is 17.6 Å². The van der Waals surface area contributed by atoms with E-state index < -0.39 is 29.2 Å². The highest BCUT2D eigenvalue weighted by atomic mass is 19.2. The van der Waals surface area contributed by atoms with E-state index >= 15 is 0 Å². The van der Waals surface area contributed by atoms with Crippen molar-refractivity contribution in [2.24, 2.45) is 5.92 Å². The van der Waals surface area contributed by atoms with Gasteiger partial charge >= 0.3 is 0 Å². The lowest BCUT2D eigenvalue weighted by atomic mass is 9.87. The van der Waals surface area contributed by atoms with Crippen molar-refractivity contribution >= 4 is 5.69 Å². The quantitative estimate of drug-likeness (QED) is 0.650. The van der Waals surface area contributed by atoms with Gasteiger partial charge in [-0.25, -0.2) is 0 Å². The molecule has 0 saturated heterocycles. The molecule has 0 radical (unpaired) electrons. The van der Waals surface area contributed by atoms with Crippen molar-refractivity contribution in [1.29, 1.82) is 0 Å². The summed E-state index contributed by atoms with van der Waals surface area (Å²) in [6.07, 6.45) is 3.44. The topological polar surface area (TPSA) is 24.9 Å². The van der Waals surface area contributed by atoms with E-state index in [1.807, 2.05) is 6.92 Å². The van der Waals surface area contributed by atoms with Crippen LogP contribution in [0, 0.1) is 29.4 Å². The molecule has 1 aliphatic carbocycles. The Balaban J connectivity index is 2.23. The van der Waals surface area contributed by atoms with Gasteiger partial charge in [-0.15, -0.1) is 0 Å². The second kappa shape index (κ2) is 5.12. The van der Waals surface area contributed by atoms with E-state index in [4.69, 9.17) is 0 Å². The molecule has 0 aromatic carbocycles. The van der Waals surface area contributed by atoms with Crippen molar-refractivity contribution in [2.45, 2.75) is 38.6 Å². The summed E-state index contributed by atoms with van der Waals surface area (Å²) in [5.41, 5.74) is -0.751. The Bertz CT molecular complexity index is 424. The third-order valence-corrected chi connectivity index (χ3v) is 3.28. The number of hydrogen-bond donors (Lipinski definition) is 1. The third-order valence-electron chi connectivity index (χ3n) is 3.28. The summed E-state index contributed by atoms with van der Waals surface area (Å²) >= 11 is 0. The highest BCUT2D eigenvalue weighted by Crippen LogP contribution is 2.29. The summed E-state index contributed by atoms with van der Waals surface area (Å²) in [4.78, 5) is 2.52. The van der Waals surface area contributed by atoms with Crippen molar-refractivity contribution in [1.82, 2.24) is 4.98 Å². The van der Waals surface area contributed by atoms with Gasteiger partial charge in [0.15, 0.2) is 0 Å². The molecule has 0 spiro atoms. The number of rotatable bonds is 2. The van der Waals surface area contributed by atoms with Crippen molar-refractivity contribution < 1.29 is 17.6 Å². The van der Waals surface area contributed by atoms with Crippen LogP contribution in [0.25, 0.3) is 0 Å². The van der Waals surface area contributed by atoms with Gasteiger partial charge in [0.05, 0.1) is 0 Å². The lowest BCUT2D eigenvalue weighted by Crippen LogP contribution is -2.27. The highest BCUT2D eigenvalue weighted by molar-refractivity contribution is 5.46. The molecule has 18 heavy (non-hydrogen) atoms. The number of nitrogens with zero attached hydrogens (tertiary/aromatic N) is 1. The number of hydrogen-bond acceptors (Lipinski definition) is 2. The van der Waals surface area contributed by atoms with Gasteiger partial charge in [0.2, 0.25) is 11.6 Å². The first-order valence-corrected chi connectivity index (χ1v) is 5.95. The van der Waals surface area contributed by atoms with E-state index in [0.717, 1.165) is 25.7 Å². The van der Waals surface area contributed by atoms with E-state index in [1.165, 1.54) is 0 Å². The zero-order valence-corrected chi connectivity index (χ0v) is 9.94. The molecule has 2 nitrogen and oxygen atoms in total. The van der Waals surface area contributed by atoms with Gasteiger partial charge in [0.25, 0.3) is 11.9 Å². The summed E-state index contributed by atoms with van der Waals surface area (Å²) in [7, 11) is 0. The summed E-state index contributed by atoms with van der Waals surface area (Å²) in [6, 6.07) is -0.168. The fourth-order valence-corrected chi connectivity index (χ4v) is 2.38. The molecule has 1 aromatic heterocycles. The maximum absolute atomic E-state index is 13.4. The van der Waals surface area contributed by atoms with Crippen LogP contribution in [0.1, 0.15) is 32.6 Å². The zero-order valence-electron chi connectivity index (χ0n) is 9.94. The van der Waals surface area contributed by atoms with E-state index in [1.54, 1.807) is 0 Å². The first-order valence-electron chi connectivity index (χ1n) is 5.95. The number of pyridine rings is 1. The van der Waals surface area contributed by atoms with Crippen LogP contribution < -0.4 is 5.32 Å². The first-order chi connectivity index (χ1) is 8.49. The second-order valence-corrected chi connectivity index (χ2v) is 4.81. The minimum absolute atomic E-state index is 0.168. The normalized spacial score (nSPS) is 24.1. The molecular weight excluding hydrogens is 248 g/mol. The van der Waals surface area contributed by atoms with Gasteiger partial charge in [-0.05, 0) is 18.8 Å². The van der Waals surface area contributed by atoms with Crippen molar-refractivity contribution in [2.75, 3.05) is 5.32 Å². The maximum Gasteiger partial charge on any atom is 0.253 e. The molecule has 6 heteroatoms. The zero-order chi connectivity index (χ0) is 13.3. The average molecular weight is 262 g/mol. The van der Waals surface area contributed by atoms with Crippen LogP contribution in [0.5, 0.6) is 0 Å². The summed E-state index contributed by atoms with van der Waals surface area (Å²) in [5, 5.41) is 2.56. The van der Waals surface area contributed by atoms with Gasteiger partial charge in [0.1, 0.15) is 5.69 Å². The number of nitrogens with one attached hydrogen (secondary N) is 1. The SMILES string of the molecule is CC1CCCC(Nc2c(F)c(F)nc(F)c2F)C1. The molecule has 100 valence electrons. The largest absolute Gasteiger partial charge is 0.377 e. The second-order valence-electron chi connectivity index (χ2n) is 4.81. The van der Waals surface area contributed by atoms with Gasteiger partial charge < -0.3 is 5.32 Å². The van der Waals surface area contributed by atoms with Gasteiger partial charge in [-0.2, -0.15) is 22.5 Å². The standard InChI is InChI=1S/C12H14F4N2/c1-6-3-2-4-7(5-6)17-10-8(13)11(15)18-12(16)9(10)14/h6-7H,2-5H2,1H3,(H,17,18). The molecule has 1 saturated carbocycles. The molecule has 1 heterocycles. The van der Waals surface area contributed by atoms with Crippen LogP contribution in [0.15, 0.2) is 0 Å². The van der Waals surface area contributed by atoms with E-state index in [2.05, 4.69) is 10.3 Å². The molecule has 1 aromatic rings. The van der Waals surface area contributed by atoms with Crippen LogP contribution in [0.3, 0.4) is 0 Å². The van der Waals surface area contributed by atoms with Crippen molar-refractivity contribution in [3.8, 4) is 0 Å². The lowest BCUT2D eigenvalue weighted by molar-refractivity contribution is 0.353. The summed E-state index contributed by atoms with van der Waals surface area (Å²) in [5.74, 6) is -5.75. The average Bonchev–Trinajstić information content (AvgIpc) is 2.32. The predicted molar refractivity (Wildman–Crippen MR) is 59.1 cm³/mol. The maximum atomic E-state index is 13.4. The Morgan fingerprint density at radius 3 is 2.22 bits per heavy atom. The van der Waals surface area contributed by atoms with Gasteiger partial charge in [-0.1, -0.05) is 19.8 Å². The minimum atomic E-state index is -1.62. The molecule has 1 fully saturated rings. The Labute approximate surface area is 102 Å². The van der Waals surface area contributed by atoms with Gasteiger partial charge in [-0.3, -0.25) is 0 Å². The molecule has 2 unspecified atom stereocenters. The molecule has 1 aliphatic rings. The molecule has 0 amide bonds. The van der Waals surface area contributed by atoms with Crippen LogP contribution in [-0.4, -0.2) is 11.0 Å². The van der Waals surface area contributed by atoms with Crippen LogP contribution in [0.4, 0.5) is 23.2 Å². The van der Waals surface area contributed by atoms with Crippen molar-refractivity contribution in [3.63, 3.8) is 0 Å². The molecular formula is C12H14F4N2. The smallest absolute Gasteiger partial charge is 0.253 e. The lowest BCUT2D eigenvalue weighted by Gasteiger charge is -2.28. The van der Waals surface area contributed by atoms with E-state index in [-0.39, 0.29) is 6.04 Å². The minimum Gasteiger partial charge on any atom is -0.377 e. The Hall–Kier alpha value is -1.33. The Morgan fingerprint density at radius 1 is 1.06 bits per heavy atom. The fraction of sp³-hybridized carbons (Fsp3) is 0.583. The predicted octanol–water partition coefficient (Wildman–Crippen LogP) is 3.63. The van der Waals surface area contributed by atoms with Crippen molar-refractivity contribution in [3.05, 3.63) is 23.5 Å². The third kappa shape index (κ3) is 2.57. The molecule has 0 bridgehead atoms. The Kier molecular flexibility index (Phi) is 3.73. The Morgan fingerprint density at radius 2 is 1.67 bits per heavy atom. The monoisotopic (exact) mass is 262 g/mol. The van der Waals surface area contributed by atoms with Crippen LogP contribution in [-0.2, 0) is 0 Å². The van der Waals surface area contributed by atoms with E-state index in [0.29, 0.717) is 5.92 Å². The molecule has 2 rings (SSSR count). The molecule has 0 aliphatic heterocycles. The fourth-order valence-electron chi connectivity index (χ4n) is 2.38.